The number of nitrogens with two attached hydrogens (primary N) is 1. The number of nitrogens with one attached hydrogen (secondary N) is 2. The second-order valence-electron chi connectivity index (χ2n) is 4.85. The first kappa shape index (κ1) is 15.8. The molecule has 0 atom stereocenters. The van der Waals surface area contributed by atoms with Crippen molar-refractivity contribution in [3.05, 3.63) is 0 Å². The molecule has 1 aliphatic rings. The molecule has 1 saturated carbocycles. The summed E-state index contributed by atoms with van der Waals surface area (Å²) in [5.74, 6) is 6.00. The standard InChI is InChI=1S/C13H27N5O/c1-3-18(4-2)12(19)10-15-13(17-14)16-11-8-6-5-7-9-11/h11H,3-10,14H2,1-2H3,(H2,15,16,17). The molecule has 0 aliphatic heterocycles. The highest BCUT2D eigenvalue weighted by Crippen LogP contribution is 2.17. The topological polar surface area (TPSA) is 82.8 Å². The van der Waals surface area contributed by atoms with Crippen LogP contribution in [0, 0.1) is 0 Å². The zero-order chi connectivity index (χ0) is 14.1. The average Bonchev–Trinajstić information content (AvgIpc) is 2.45. The molecule has 0 unspecified atom stereocenters. The summed E-state index contributed by atoms with van der Waals surface area (Å²) in [6.07, 6.45) is 6.08. The van der Waals surface area contributed by atoms with E-state index in [1.54, 1.807) is 4.90 Å². The molecule has 6 nitrogen and oxygen atoms in total. The Morgan fingerprint density at radius 1 is 1.26 bits per heavy atom. The lowest BCUT2D eigenvalue weighted by Gasteiger charge is -2.24. The van der Waals surface area contributed by atoms with Gasteiger partial charge in [-0.15, -0.1) is 0 Å². The second kappa shape index (κ2) is 8.74. The molecule has 19 heavy (non-hydrogen) atoms. The highest BCUT2D eigenvalue weighted by molar-refractivity contribution is 5.84. The molecule has 0 spiro atoms. The van der Waals surface area contributed by atoms with Crippen LogP contribution in [0.15, 0.2) is 4.99 Å². The van der Waals surface area contributed by atoms with Gasteiger partial charge in [0, 0.05) is 19.1 Å². The molecule has 0 radical (unpaired) electrons. The molecule has 0 aromatic carbocycles. The van der Waals surface area contributed by atoms with E-state index in [0.29, 0.717) is 25.1 Å². The number of hydrogen-bond acceptors (Lipinski definition) is 3. The summed E-state index contributed by atoms with van der Waals surface area (Å²) in [6, 6.07) is 0.423. The van der Waals surface area contributed by atoms with Crippen LogP contribution in [0.2, 0.25) is 0 Å². The number of hydrazine groups is 1. The number of hydrogen-bond donors (Lipinski definition) is 3. The molecule has 4 N–H and O–H groups in total. The van der Waals surface area contributed by atoms with Gasteiger partial charge in [-0.3, -0.25) is 10.2 Å². The molecule has 110 valence electrons. The van der Waals surface area contributed by atoms with E-state index >= 15 is 0 Å². The van der Waals surface area contributed by atoms with Gasteiger partial charge in [0.05, 0.1) is 0 Å². The molecule has 1 aliphatic carbocycles. The Hall–Kier alpha value is -1.30. The number of aliphatic imine (C=N–C) groups is 1. The van der Waals surface area contributed by atoms with E-state index in [0.717, 1.165) is 12.8 Å². The number of carbonyl (C=O) groups excluding carboxylic acids is 1. The zero-order valence-corrected chi connectivity index (χ0v) is 12.1. The van der Waals surface area contributed by atoms with E-state index in [9.17, 15) is 4.79 Å². The van der Waals surface area contributed by atoms with Crippen LogP contribution in [0.5, 0.6) is 0 Å². The van der Waals surface area contributed by atoms with Gasteiger partial charge in [-0.1, -0.05) is 19.3 Å². The molecule has 1 rings (SSSR count). The molecule has 0 heterocycles. The maximum absolute atomic E-state index is 11.8. The van der Waals surface area contributed by atoms with Gasteiger partial charge in [0.15, 0.2) is 0 Å². The lowest BCUT2D eigenvalue weighted by molar-refractivity contribution is -0.129. The van der Waals surface area contributed by atoms with E-state index in [1.165, 1.54) is 19.3 Å². The maximum Gasteiger partial charge on any atom is 0.244 e. The van der Waals surface area contributed by atoms with E-state index in [2.05, 4.69) is 15.7 Å². The Balaban J connectivity index is 2.44. The SMILES string of the molecule is CCN(CC)C(=O)CN=C(NN)NC1CCCCC1. The van der Waals surface area contributed by atoms with Gasteiger partial charge in [-0.25, -0.2) is 10.8 Å². The summed E-state index contributed by atoms with van der Waals surface area (Å²) < 4.78 is 0. The molecule has 1 fully saturated rings. The van der Waals surface area contributed by atoms with Crippen molar-refractivity contribution in [2.45, 2.75) is 52.0 Å². The first-order valence-corrected chi connectivity index (χ1v) is 7.26. The summed E-state index contributed by atoms with van der Waals surface area (Å²) in [5.41, 5.74) is 2.55. The van der Waals surface area contributed by atoms with Crippen LogP contribution in [0.3, 0.4) is 0 Å². The van der Waals surface area contributed by atoms with E-state index < -0.39 is 0 Å². The summed E-state index contributed by atoms with van der Waals surface area (Å²) >= 11 is 0. The molecular formula is C13H27N5O. The normalized spacial score (nSPS) is 17.1. The Morgan fingerprint density at radius 2 is 1.89 bits per heavy atom. The summed E-state index contributed by atoms with van der Waals surface area (Å²) in [5, 5.41) is 3.28. The molecule has 0 aromatic heterocycles. The van der Waals surface area contributed by atoms with Gasteiger partial charge in [0.2, 0.25) is 11.9 Å². The smallest absolute Gasteiger partial charge is 0.244 e. The van der Waals surface area contributed by atoms with Crippen LogP contribution in [-0.2, 0) is 4.79 Å². The van der Waals surface area contributed by atoms with Crippen LogP contribution in [0.1, 0.15) is 46.0 Å². The minimum absolute atomic E-state index is 0.0307. The van der Waals surface area contributed by atoms with E-state index in [1.807, 2.05) is 13.8 Å². The van der Waals surface area contributed by atoms with Crippen molar-refractivity contribution in [3.8, 4) is 0 Å². The van der Waals surface area contributed by atoms with Crippen LogP contribution >= 0.6 is 0 Å². The third-order valence-corrected chi connectivity index (χ3v) is 3.57. The highest BCUT2D eigenvalue weighted by atomic mass is 16.2. The molecule has 6 heteroatoms. The van der Waals surface area contributed by atoms with Crippen molar-refractivity contribution in [3.63, 3.8) is 0 Å². The average molecular weight is 269 g/mol. The summed E-state index contributed by atoms with van der Waals surface area (Å²) in [4.78, 5) is 17.8. The number of guanidine groups is 1. The van der Waals surface area contributed by atoms with Gasteiger partial charge in [0.25, 0.3) is 0 Å². The van der Waals surface area contributed by atoms with E-state index in [4.69, 9.17) is 5.84 Å². The Bertz CT molecular complexity index is 295. The van der Waals surface area contributed by atoms with Crippen molar-refractivity contribution in [1.29, 1.82) is 0 Å². The van der Waals surface area contributed by atoms with Gasteiger partial charge >= 0.3 is 0 Å². The number of likely N-dealkylation sites (N-methyl/N-ethyl adjacent to an activating group) is 1. The Morgan fingerprint density at radius 3 is 2.42 bits per heavy atom. The van der Waals surface area contributed by atoms with Crippen molar-refractivity contribution in [2.75, 3.05) is 19.6 Å². The summed E-state index contributed by atoms with van der Waals surface area (Å²) in [6.45, 7) is 5.50. The van der Waals surface area contributed by atoms with Crippen molar-refractivity contribution >= 4 is 11.9 Å². The van der Waals surface area contributed by atoms with E-state index in [-0.39, 0.29) is 12.5 Å². The lowest BCUT2D eigenvalue weighted by Crippen LogP contribution is -2.47. The van der Waals surface area contributed by atoms with Gasteiger partial charge in [0.1, 0.15) is 6.54 Å². The first-order chi connectivity index (χ1) is 9.21. The third kappa shape index (κ3) is 5.46. The number of nitrogens with zero attached hydrogens (tertiary/aromatic N) is 2. The molecule has 1 amide bonds. The van der Waals surface area contributed by atoms with Crippen LogP contribution in [-0.4, -0.2) is 42.4 Å². The fraction of sp³-hybridized carbons (Fsp3) is 0.846. The number of carbonyl (C=O) groups is 1. The number of rotatable bonds is 5. The molecule has 0 bridgehead atoms. The predicted octanol–water partition coefficient (Wildman–Crippen LogP) is 0.596. The highest BCUT2D eigenvalue weighted by Gasteiger charge is 2.15. The van der Waals surface area contributed by atoms with Crippen LogP contribution in [0.25, 0.3) is 0 Å². The van der Waals surface area contributed by atoms with Crippen molar-refractivity contribution < 1.29 is 4.79 Å². The maximum atomic E-state index is 11.8. The predicted molar refractivity (Wildman–Crippen MR) is 77.6 cm³/mol. The van der Waals surface area contributed by atoms with Gasteiger partial charge < -0.3 is 10.2 Å². The van der Waals surface area contributed by atoms with Gasteiger partial charge in [-0.2, -0.15) is 0 Å². The second-order valence-corrected chi connectivity index (χ2v) is 4.85. The Kier molecular flexibility index (Phi) is 7.25. The molecule has 0 saturated heterocycles. The minimum Gasteiger partial charge on any atom is -0.353 e. The summed E-state index contributed by atoms with van der Waals surface area (Å²) in [7, 11) is 0. The Labute approximate surface area is 115 Å². The fourth-order valence-electron chi connectivity index (χ4n) is 2.40. The number of amides is 1. The fourth-order valence-corrected chi connectivity index (χ4v) is 2.40. The molecular weight excluding hydrogens is 242 g/mol. The van der Waals surface area contributed by atoms with Crippen LogP contribution < -0.4 is 16.6 Å². The largest absolute Gasteiger partial charge is 0.353 e. The zero-order valence-electron chi connectivity index (χ0n) is 12.1. The quantitative estimate of drug-likeness (QED) is 0.295. The minimum atomic E-state index is 0.0307. The van der Waals surface area contributed by atoms with Crippen molar-refractivity contribution in [2.24, 2.45) is 10.8 Å². The molecule has 0 aromatic rings. The monoisotopic (exact) mass is 269 g/mol. The van der Waals surface area contributed by atoms with Gasteiger partial charge in [-0.05, 0) is 26.7 Å². The third-order valence-electron chi connectivity index (χ3n) is 3.57. The van der Waals surface area contributed by atoms with Crippen LogP contribution in [0.4, 0.5) is 0 Å². The first-order valence-electron chi connectivity index (χ1n) is 7.26. The van der Waals surface area contributed by atoms with Crippen molar-refractivity contribution in [1.82, 2.24) is 15.6 Å². The lowest BCUT2D eigenvalue weighted by atomic mass is 9.96.